The van der Waals surface area contributed by atoms with Crippen LogP contribution in [0, 0.1) is 19.8 Å². The van der Waals surface area contributed by atoms with Crippen LogP contribution in [0.5, 0.6) is 11.5 Å². The molecule has 1 fully saturated rings. The van der Waals surface area contributed by atoms with Crippen LogP contribution < -0.4 is 25.0 Å². The van der Waals surface area contributed by atoms with Gasteiger partial charge in [-0.3, -0.25) is 9.69 Å². The zero-order chi connectivity index (χ0) is 25.6. The molecule has 6 nitrogen and oxygen atoms in total. The van der Waals surface area contributed by atoms with Gasteiger partial charge in [0.1, 0.15) is 5.92 Å². The Bertz CT molecular complexity index is 1340. The van der Waals surface area contributed by atoms with E-state index < -0.39 is 17.7 Å². The molecule has 0 radical (unpaired) electrons. The van der Waals surface area contributed by atoms with E-state index in [1.807, 2.05) is 68.1 Å². The van der Waals surface area contributed by atoms with E-state index in [4.69, 9.17) is 21.7 Å². The minimum absolute atomic E-state index is 0.145. The third-order valence-corrected chi connectivity index (χ3v) is 7.53. The largest absolute Gasteiger partial charge is 0.493 e. The molecule has 1 saturated heterocycles. The second kappa shape index (κ2) is 9.13. The van der Waals surface area contributed by atoms with E-state index in [1.54, 1.807) is 7.11 Å². The zero-order valence-electron chi connectivity index (χ0n) is 21.2. The molecule has 1 amide bonds. The lowest BCUT2D eigenvalue weighted by atomic mass is 9.78. The highest BCUT2D eigenvalue weighted by Gasteiger charge is 2.59. The molecular formula is C29H31N3O3S. The number of hydrogen-bond acceptors (Lipinski definition) is 4. The molecule has 3 aromatic rings. The molecule has 2 bridgehead atoms. The average molecular weight is 502 g/mol. The van der Waals surface area contributed by atoms with Gasteiger partial charge in [-0.05, 0) is 74.8 Å². The fraction of sp³-hybridized carbons (Fsp3) is 0.310. The Morgan fingerprint density at radius 3 is 2.58 bits per heavy atom. The number of fused-ring (bicyclic) bond motifs is 4. The summed E-state index contributed by atoms with van der Waals surface area (Å²) in [5.74, 6) is 0.476. The molecule has 0 aliphatic carbocycles. The first-order valence-corrected chi connectivity index (χ1v) is 12.6. The number of anilines is 2. The summed E-state index contributed by atoms with van der Waals surface area (Å²) in [6.07, 6.45) is 0.935. The highest BCUT2D eigenvalue weighted by Crippen LogP contribution is 2.52. The Labute approximate surface area is 217 Å². The lowest BCUT2D eigenvalue weighted by Crippen LogP contribution is -2.72. The zero-order valence-corrected chi connectivity index (χ0v) is 22.0. The summed E-state index contributed by atoms with van der Waals surface area (Å²) in [6, 6.07) is 19.6. The SMILES string of the molecule is CCc1ccc(N2C(=S)N[C@@H]3c4cccc(OC)c4O[C@@]2(C)[C@@H]3C(=O)Nc2ccc(C)cc2C)cc1. The van der Waals surface area contributed by atoms with Crippen LogP contribution in [-0.2, 0) is 11.2 Å². The molecule has 3 atom stereocenters. The van der Waals surface area contributed by atoms with Gasteiger partial charge in [-0.2, -0.15) is 0 Å². The van der Waals surface area contributed by atoms with Crippen molar-refractivity contribution < 1.29 is 14.3 Å². The molecule has 3 aromatic carbocycles. The number of ether oxygens (including phenoxy) is 2. The van der Waals surface area contributed by atoms with Crippen LogP contribution >= 0.6 is 12.2 Å². The number of aryl methyl sites for hydroxylation is 3. The molecule has 0 unspecified atom stereocenters. The minimum Gasteiger partial charge on any atom is -0.493 e. The van der Waals surface area contributed by atoms with Crippen molar-refractivity contribution in [2.24, 2.45) is 5.92 Å². The maximum absolute atomic E-state index is 14.0. The van der Waals surface area contributed by atoms with Gasteiger partial charge in [-0.15, -0.1) is 0 Å². The van der Waals surface area contributed by atoms with Gasteiger partial charge in [0.2, 0.25) is 5.91 Å². The fourth-order valence-corrected chi connectivity index (χ4v) is 5.78. The fourth-order valence-electron chi connectivity index (χ4n) is 5.36. The number of rotatable bonds is 5. The number of carbonyl (C=O) groups is 1. The van der Waals surface area contributed by atoms with Gasteiger partial charge < -0.3 is 20.1 Å². The summed E-state index contributed by atoms with van der Waals surface area (Å²) >= 11 is 5.86. The summed E-state index contributed by atoms with van der Waals surface area (Å²) in [6.45, 7) is 8.09. The number of methoxy groups -OCH3 is 1. The second-order valence-corrected chi connectivity index (χ2v) is 9.99. The number of para-hydroxylation sites is 1. The Balaban J connectivity index is 1.63. The molecule has 2 aliphatic heterocycles. The van der Waals surface area contributed by atoms with Gasteiger partial charge in [0.25, 0.3) is 0 Å². The van der Waals surface area contributed by atoms with Gasteiger partial charge in [0, 0.05) is 16.9 Å². The van der Waals surface area contributed by atoms with Crippen molar-refractivity contribution in [1.29, 1.82) is 0 Å². The van der Waals surface area contributed by atoms with Gasteiger partial charge in [0.15, 0.2) is 22.3 Å². The van der Waals surface area contributed by atoms with Crippen molar-refractivity contribution in [3.8, 4) is 11.5 Å². The van der Waals surface area contributed by atoms with E-state index >= 15 is 0 Å². The average Bonchev–Trinajstić information content (AvgIpc) is 2.85. The predicted molar refractivity (Wildman–Crippen MR) is 147 cm³/mol. The van der Waals surface area contributed by atoms with Crippen molar-refractivity contribution in [3.05, 3.63) is 82.9 Å². The van der Waals surface area contributed by atoms with E-state index in [-0.39, 0.29) is 5.91 Å². The normalized spacial score (nSPS) is 22.2. The van der Waals surface area contributed by atoms with Gasteiger partial charge in [0.05, 0.1) is 13.2 Å². The van der Waals surface area contributed by atoms with E-state index in [1.165, 1.54) is 5.56 Å². The number of hydrogen-bond donors (Lipinski definition) is 2. The van der Waals surface area contributed by atoms with E-state index in [0.29, 0.717) is 16.6 Å². The highest BCUT2D eigenvalue weighted by molar-refractivity contribution is 7.80. The van der Waals surface area contributed by atoms with E-state index in [2.05, 4.69) is 35.8 Å². The molecular weight excluding hydrogens is 470 g/mol. The smallest absolute Gasteiger partial charge is 0.236 e. The maximum atomic E-state index is 14.0. The van der Waals surface area contributed by atoms with Crippen LogP contribution in [0.15, 0.2) is 60.7 Å². The molecule has 0 saturated carbocycles. The first-order chi connectivity index (χ1) is 17.3. The topological polar surface area (TPSA) is 62.8 Å². The van der Waals surface area contributed by atoms with E-state index in [9.17, 15) is 4.79 Å². The Kier molecular flexibility index (Phi) is 6.12. The maximum Gasteiger partial charge on any atom is 0.236 e. The van der Waals surface area contributed by atoms with Crippen molar-refractivity contribution >= 4 is 34.6 Å². The number of thiocarbonyl (C=S) groups is 1. The third-order valence-electron chi connectivity index (χ3n) is 7.23. The molecule has 2 heterocycles. The standard InChI is InChI=1S/C29H31N3O3S/c1-6-19-11-13-20(14-12-19)32-28(36)31-25-21-8-7-9-23(34-5)26(21)35-29(32,4)24(25)27(33)30-22-15-10-17(2)16-18(22)3/h7-16,24-25H,6H2,1-5H3,(H,30,33)(H,31,36)/t24-,25+,29-/m0/s1. The Morgan fingerprint density at radius 2 is 1.92 bits per heavy atom. The monoisotopic (exact) mass is 501 g/mol. The van der Waals surface area contributed by atoms with Crippen molar-refractivity contribution in [3.63, 3.8) is 0 Å². The molecule has 2 N–H and O–H groups in total. The van der Waals surface area contributed by atoms with Crippen LogP contribution in [0.4, 0.5) is 11.4 Å². The lowest BCUT2D eigenvalue weighted by molar-refractivity contribution is -0.130. The number of carbonyl (C=O) groups excluding carboxylic acids is 1. The van der Waals surface area contributed by atoms with Crippen LogP contribution in [0.3, 0.4) is 0 Å². The number of amides is 1. The van der Waals surface area contributed by atoms with Gasteiger partial charge in [-0.1, -0.05) is 48.9 Å². The van der Waals surface area contributed by atoms with Crippen molar-refractivity contribution in [2.75, 3.05) is 17.3 Å². The first kappa shape index (κ1) is 24.1. The molecule has 0 spiro atoms. The molecule has 7 heteroatoms. The first-order valence-electron chi connectivity index (χ1n) is 12.2. The van der Waals surface area contributed by atoms with Gasteiger partial charge >= 0.3 is 0 Å². The molecule has 36 heavy (non-hydrogen) atoms. The summed E-state index contributed by atoms with van der Waals surface area (Å²) in [7, 11) is 1.62. The number of benzene rings is 3. The quantitative estimate of drug-likeness (QED) is 0.439. The van der Waals surface area contributed by atoms with Crippen molar-refractivity contribution in [2.45, 2.75) is 45.9 Å². The van der Waals surface area contributed by atoms with Crippen LogP contribution in [0.1, 0.15) is 42.1 Å². The van der Waals surface area contributed by atoms with Crippen LogP contribution in [-0.4, -0.2) is 23.9 Å². The number of nitrogens with zero attached hydrogens (tertiary/aromatic N) is 1. The minimum atomic E-state index is -1.11. The summed E-state index contributed by atoms with van der Waals surface area (Å²) in [5, 5.41) is 7.13. The summed E-state index contributed by atoms with van der Waals surface area (Å²) in [4.78, 5) is 16.0. The predicted octanol–water partition coefficient (Wildman–Crippen LogP) is 5.67. The molecule has 5 rings (SSSR count). The summed E-state index contributed by atoms with van der Waals surface area (Å²) < 4.78 is 12.4. The molecule has 2 aliphatic rings. The molecule has 186 valence electrons. The second-order valence-electron chi connectivity index (χ2n) is 9.60. The Hall–Kier alpha value is -3.58. The summed E-state index contributed by atoms with van der Waals surface area (Å²) in [5.41, 5.74) is 4.75. The highest BCUT2D eigenvalue weighted by atomic mass is 32.1. The van der Waals surface area contributed by atoms with Gasteiger partial charge in [-0.25, -0.2) is 0 Å². The van der Waals surface area contributed by atoms with Crippen LogP contribution in [0.2, 0.25) is 0 Å². The van der Waals surface area contributed by atoms with E-state index in [0.717, 1.165) is 34.5 Å². The lowest BCUT2D eigenvalue weighted by Gasteiger charge is -2.56. The van der Waals surface area contributed by atoms with Crippen LogP contribution in [0.25, 0.3) is 0 Å². The third kappa shape index (κ3) is 3.88. The number of nitrogens with one attached hydrogen (secondary N) is 2. The van der Waals surface area contributed by atoms with Crippen molar-refractivity contribution in [1.82, 2.24) is 5.32 Å². The Morgan fingerprint density at radius 1 is 1.17 bits per heavy atom. The molecule has 0 aromatic heterocycles.